The second-order valence-corrected chi connectivity index (χ2v) is 8.86. The van der Waals surface area contributed by atoms with Crippen LogP contribution in [0.3, 0.4) is 0 Å². The van der Waals surface area contributed by atoms with E-state index < -0.39 is 47.4 Å². The average Bonchev–Trinajstić information content (AvgIpc) is 3.42. The molecule has 228 valence electrons. The molecule has 2 fully saturated rings. The number of hydrazine groups is 2. The van der Waals surface area contributed by atoms with Crippen LogP contribution in [0.4, 0.5) is 0 Å². The number of amides is 6. The van der Waals surface area contributed by atoms with Gasteiger partial charge in [0, 0.05) is 25.7 Å². The lowest BCUT2D eigenvalue weighted by atomic mass is 10.3. The Morgan fingerprint density at radius 3 is 1.15 bits per heavy atom. The molecule has 2 aliphatic heterocycles. The highest BCUT2D eigenvalue weighted by molar-refractivity contribution is 6.03. The second-order valence-electron chi connectivity index (χ2n) is 8.86. The monoisotopic (exact) mass is 586 g/mol. The van der Waals surface area contributed by atoms with Crippen LogP contribution in [0.5, 0.6) is 0 Å². The van der Waals surface area contributed by atoms with Crippen molar-refractivity contribution in [3.8, 4) is 0 Å². The molecule has 0 spiro atoms. The van der Waals surface area contributed by atoms with E-state index in [9.17, 15) is 38.4 Å². The molecule has 6 amide bonds. The van der Waals surface area contributed by atoms with Crippen LogP contribution in [0.2, 0.25) is 0 Å². The standard InChI is InChI=1S/C24H34N4O13/c29-17(25(9-15-40-13-7-23(35)36)27-19(31)1-2-20(27)32)5-11-39-12-6-18(30)26(10-16-41-14-8-24(37)38)28-21(33)3-4-22(28)34/h1-16H2,(H,35,36)(H,37,38). The van der Waals surface area contributed by atoms with E-state index in [-0.39, 0.29) is 104 Å². The summed E-state index contributed by atoms with van der Waals surface area (Å²) in [4.78, 5) is 95.4. The first-order chi connectivity index (χ1) is 19.5. The molecule has 2 heterocycles. The highest BCUT2D eigenvalue weighted by Crippen LogP contribution is 2.17. The maximum absolute atomic E-state index is 12.8. The van der Waals surface area contributed by atoms with Gasteiger partial charge in [0.2, 0.25) is 35.4 Å². The van der Waals surface area contributed by atoms with Gasteiger partial charge < -0.3 is 24.4 Å². The van der Waals surface area contributed by atoms with Gasteiger partial charge in [-0.3, -0.25) is 38.4 Å². The normalized spacial score (nSPS) is 15.1. The molecule has 2 rings (SSSR count). The van der Waals surface area contributed by atoms with E-state index in [1.165, 1.54) is 0 Å². The molecule has 0 saturated carbocycles. The number of ether oxygens (including phenoxy) is 3. The summed E-state index contributed by atoms with van der Waals surface area (Å²) in [6.07, 6.45) is -1.23. The van der Waals surface area contributed by atoms with E-state index in [4.69, 9.17) is 24.4 Å². The number of carbonyl (C=O) groups excluding carboxylic acids is 6. The van der Waals surface area contributed by atoms with Crippen molar-refractivity contribution in [3.05, 3.63) is 0 Å². The van der Waals surface area contributed by atoms with Gasteiger partial charge in [-0.1, -0.05) is 0 Å². The van der Waals surface area contributed by atoms with Gasteiger partial charge in [-0.25, -0.2) is 10.0 Å². The highest BCUT2D eigenvalue weighted by Gasteiger charge is 2.37. The van der Waals surface area contributed by atoms with Crippen LogP contribution < -0.4 is 0 Å². The van der Waals surface area contributed by atoms with Crippen LogP contribution in [0.25, 0.3) is 0 Å². The molecule has 17 heteroatoms. The fraction of sp³-hybridized carbons (Fsp3) is 0.667. The molecular formula is C24H34N4O13. The van der Waals surface area contributed by atoms with Crippen molar-refractivity contribution in [1.82, 2.24) is 20.0 Å². The molecular weight excluding hydrogens is 552 g/mol. The van der Waals surface area contributed by atoms with Crippen molar-refractivity contribution in [2.24, 2.45) is 0 Å². The Morgan fingerprint density at radius 1 is 0.537 bits per heavy atom. The van der Waals surface area contributed by atoms with Gasteiger partial charge in [0.25, 0.3) is 0 Å². The first-order valence-corrected chi connectivity index (χ1v) is 13.0. The van der Waals surface area contributed by atoms with Crippen molar-refractivity contribution in [1.29, 1.82) is 0 Å². The zero-order valence-corrected chi connectivity index (χ0v) is 22.5. The SMILES string of the molecule is O=C(O)CCOCCN(C(=O)CCOCCC(=O)N(CCOCCC(=O)O)N1C(=O)CCC1=O)N1C(=O)CCC1=O. The number of hydrogen-bond acceptors (Lipinski definition) is 11. The number of carbonyl (C=O) groups is 8. The largest absolute Gasteiger partial charge is 0.481 e. The Morgan fingerprint density at radius 2 is 0.829 bits per heavy atom. The number of imide groups is 2. The van der Waals surface area contributed by atoms with E-state index in [2.05, 4.69) is 0 Å². The Kier molecular flexibility index (Phi) is 13.8. The lowest BCUT2D eigenvalue weighted by Crippen LogP contribution is -2.51. The highest BCUT2D eigenvalue weighted by atomic mass is 16.5. The maximum atomic E-state index is 12.8. The Labute approximate surface area is 234 Å². The first kappa shape index (κ1) is 33.2. The third-order valence-electron chi connectivity index (χ3n) is 5.84. The zero-order chi connectivity index (χ0) is 30.4. The van der Waals surface area contributed by atoms with Crippen LogP contribution in [0, 0.1) is 0 Å². The minimum Gasteiger partial charge on any atom is -0.481 e. The number of aliphatic carboxylic acids is 2. The lowest BCUT2D eigenvalue weighted by molar-refractivity contribution is -0.170. The molecule has 0 aromatic carbocycles. The lowest BCUT2D eigenvalue weighted by Gasteiger charge is -2.30. The summed E-state index contributed by atoms with van der Waals surface area (Å²) < 4.78 is 15.7. The van der Waals surface area contributed by atoms with Gasteiger partial charge in [0.1, 0.15) is 0 Å². The quantitative estimate of drug-likeness (QED) is 0.123. The van der Waals surface area contributed by atoms with Crippen LogP contribution in [0.15, 0.2) is 0 Å². The first-order valence-electron chi connectivity index (χ1n) is 13.0. The van der Waals surface area contributed by atoms with Gasteiger partial charge in [0.05, 0.1) is 78.4 Å². The van der Waals surface area contributed by atoms with Gasteiger partial charge >= 0.3 is 11.9 Å². The summed E-state index contributed by atoms with van der Waals surface area (Å²) in [5.41, 5.74) is 0. The summed E-state index contributed by atoms with van der Waals surface area (Å²) in [5.74, 6) is -5.62. The van der Waals surface area contributed by atoms with Crippen molar-refractivity contribution in [2.75, 3.05) is 52.7 Å². The number of rotatable bonds is 20. The van der Waals surface area contributed by atoms with E-state index >= 15 is 0 Å². The number of carboxylic acid groups (broad SMARTS) is 2. The van der Waals surface area contributed by atoms with Crippen LogP contribution in [-0.4, -0.2) is 130 Å². The Hall–Kier alpha value is -3.96. The molecule has 17 nitrogen and oxygen atoms in total. The fourth-order valence-electron chi connectivity index (χ4n) is 3.84. The van der Waals surface area contributed by atoms with E-state index in [0.29, 0.717) is 0 Å². The summed E-state index contributed by atoms with van der Waals surface area (Å²) >= 11 is 0. The molecule has 0 atom stereocenters. The van der Waals surface area contributed by atoms with Crippen molar-refractivity contribution in [3.63, 3.8) is 0 Å². The molecule has 0 aromatic rings. The average molecular weight is 587 g/mol. The summed E-state index contributed by atoms with van der Waals surface area (Å²) in [6, 6.07) is 0. The van der Waals surface area contributed by atoms with Crippen molar-refractivity contribution >= 4 is 47.4 Å². The third kappa shape index (κ3) is 10.8. The molecule has 2 N–H and O–H groups in total. The summed E-state index contributed by atoms with van der Waals surface area (Å²) in [7, 11) is 0. The van der Waals surface area contributed by atoms with Gasteiger partial charge in [-0.2, -0.15) is 10.0 Å². The Balaban J connectivity index is 1.85. The molecule has 0 bridgehead atoms. The number of carboxylic acids is 2. The molecule has 0 unspecified atom stereocenters. The molecule has 2 aliphatic rings. The second kappa shape index (κ2) is 17.0. The predicted octanol–water partition coefficient (Wildman–Crippen LogP) is -1.45. The molecule has 41 heavy (non-hydrogen) atoms. The molecule has 0 radical (unpaired) electrons. The number of nitrogens with zero attached hydrogens (tertiary/aromatic N) is 4. The van der Waals surface area contributed by atoms with Crippen LogP contribution in [0.1, 0.15) is 51.4 Å². The van der Waals surface area contributed by atoms with Crippen molar-refractivity contribution < 1.29 is 62.8 Å². The topological polar surface area (TPSA) is 218 Å². The van der Waals surface area contributed by atoms with Crippen LogP contribution in [-0.2, 0) is 52.6 Å². The van der Waals surface area contributed by atoms with Gasteiger partial charge in [0.15, 0.2) is 0 Å². The summed E-state index contributed by atoms with van der Waals surface area (Å²) in [5, 5.41) is 20.7. The Bertz CT molecular complexity index is 908. The minimum absolute atomic E-state index is 0.0514. The van der Waals surface area contributed by atoms with E-state index in [0.717, 1.165) is 20.0 Å². The summed E-state index contributed by atoms with van der Waals surface area (Å²) in [6.45, 7) is -1.17. The predicted molar refractivity (Wildman–Crippen MR) is 132 cm³/mol. The van der Waals surface area contributed by atoms with Gasteiger partial charge in [-0.15, -0.1) is 0 Å². The minimum atomic E-state index is -1.07. The fourth-order valence-corrected chi connectivity index (χ4v) is 3.84. The maximum Gasteiger partial charge on any atom is 0.305 e. The number of hydrogen-bond donors (Lipinski definition) is 2. The van der Waals surface area contributed by atoms with Gasteiger partial charge in [-0.05, 0) is 0 Å². The molecule has 2 saturated heterocycles. The smallest absolute Gasteiger partial charge is 0.305 e. The molecule has 0 aromatic heterocycles. The van der Waals surface area contributed by atoms with E-state index in [1.807, 2.05) is 0 Å². The van der Waals surface area contributed by atoms with Crippen LogP contribution >= 0.6 is 0 Å². The zero-order valence-electron chi connectivity index (χ0n) is 22.5. The van der Waals surface area contributed by atoms with Crippen molar-refractivity contribution in [2.45, 2.75) is 51.4 Å². The van der Waals surface area contributed by atoms with E-state index in [1.54, 1.807) is 0 Å². The molecule has 0 aliphatic carbocycles. The third-order valence-corrected chi connectivity index (χ3v) is 5.84.